The fourth-order valence-electron chi connectivity index (χ4n) is 3.58. The fourth-order valence-corrected chi connectivity index (χ4v) is 3.58. The van der Waals surface area contributed by atoms with Crippen LogP contribution in [0.2, 0.25) is 0 Å². The van der Waals surface area contributed by atoms with Crippen molar-refractivity contribution in [2.24, 2.45) is 0 Å². The molecule has 28 heavy (non-hydrogen) atoms. The molecule has 3 aromatic rings. The first-order chi connectivity index (χ1) is 13.5. The number of benzene rings is 2. The van der Waals surface area contributed by atoms with Gasteiger partial charge in [-0.25, -0.2) is 4.39 Å². The Bertz CT molecular complexity index is 1110. The van der Waals surface area contributed by atoms with Crippen LogP contribution in [0.5, 0.6) is 0 Å². The molecule has 3 nitrogen and oxygen atoms in total. The molecule has 0 bridgehead atoms. The molecule has 1 aromatic heterocycles. The largest absolute Gasteiger partial charge is 0.481 e. The van der Waals surface area contributed by atoms with Crippen LogP contribution in [0.25, 0.3) is 28.5 Å². The molecule has 0 aliphatic heterocycles. The normalized spacial score (nSPS) is 14.4. The number of aliphatic carboxylic acids is 1. The van der Waals surface area contributed by atoms with Crippen molar-refractivity contribution in [3.05, 3.63) is 94.9 Å². The van der Waals surface area contributed by atoms with E-state index >= 15 is 0 Å². The summed E-state index contributed by atoms with van der Waals surface area (Å²) in [6.45, 7) is 1.89. The Morgan fingerprint density at radius 2 is 1.86 bits per heavy atom. The molecule has 1 aliphatic rings. The molecule has 4 rings (SSSR count). The lowest BCUT2D eigenvalue weighted by Crippen LogP contribution is -1.97. The Kier molecular flexibility index (Phi) is 4.62. The molecule has 1 N–H and O–H groups in total. The number of carboxylic acid groups (broad SMARTS) is 1. The number of carboxylic acids is 1. The van der Waals surface area contributed by atoms with Crippen LogP contribution >= 0.6 is 0 Å². The number of halogens is 1. The van der Waals surface area contributed by atoms with E-state index in [1.165, 1.54) is 12.1 Å². The van der Waals surface area contributed by atoms with Gasteiger partial charge in [-0.15, -0.1) is 0 Å². The van der Waals surface area contributed by atoms with E-state index in [1.807, 2.05) is 55.5 Å². The highest BCUT2D eigenvalue weighted by Crippen LogP contribution is 2.43. The SMILES string of the molecule is CC1=C(CC(=O)O)c2cc(F)ccc2C1=Cc1ccc(-c2ccccn2)cc1. The van der Waals surface area contributed by atoms with Gasteiger partial charge in [0, 0.05) is 11.8 Å². The Morgan fingerprint density at radius 1 is 1.07 bits per heavy atom. The molecule has 0 saturated heterocycles. The van der Waals surface area contributed by atoms with Crippen LogP contribution in [-0.4, -0.2) is 16.1 Å². The van der Waals surface area contributed by atoms with Gasteiger partial charge in [0.1, 0.15) is 5.82 Å². The highest BCUT2D eigenvalue weighted by molar-refractivity contribution is 6.07. The molecule has 0 fully saturated rings. The molecule has 0 unspecified atom stereocenters. The molecule has 0 spiro atoms. The van der Waals surface area contributed by atoms with Crippen molar-refractivity contribution in [1.29, 1.82) is 0 Å². The Hall–Kier alpha value is -3.53. The summed E-state index contributed by atoms with van der Waals surface area (Å²) < 4.78 is 13.8. The second kappa shape index (κ2) is 7.24. The molecular weight excluding hydrogens is 353 g/mol. The number of nitrogens with zero attached hydrogens (tertiary/aromatic N) is 1. The minimum Gasteiger partial charge on any atom is -0.481 e. The highest BCUT2D eigenvalue weighted by atomic mass is 19.1. The van der Waals surface area contributed by atoms with E-state index in [2.05, 4.69) is 4.98 Å². The molecule has 0 radical (unpaired) electrons. The minimum atomic E-state index is -0.925. The van der Waals surface area contributed by atoms with Crippen molar-refractivity contribution >= 4 is 23.2 Å². The maximum Gasteiger partial charge on any atom is 0.307 e. The summed E-state index contributed by atoms with van der Waals surface area (Å²) in [6, 6.07) is 18.4. The number of fused-ring (bicyclic) bond motifs is 1. The zero-order valence-corrected chi connectivity index (χ0v) is 15.3. The van der Waals surface area contributed by atoms with E-state index in [0.717, 1.165) is 33.5 Å². The molecule has 1 heterocycles. The van der Waals surface area contributed by atoms with Crippen molar-refractivity contribution in [2.75, 3.05) is 0 Å². The number of allylic oxidation sites excluding steroid dienone is 2. The van der Waals surface area contributed by atoms with Gasteiger partial charge in [-0.1, -0.05) is 36.4 Å². The van der Waals surface area contributed by atoms with Crippen LogP contribution in [0, 0.1) is 5.82 Å². The Balaban J connectivity index is 1.75. The fraction of sp³-hybridized carbons (Fsp3) is 0.0833. The standard InChI is InChI=1S/C24H18FNO2/c1-15-20(19-10-9-18(25)13-22(19)21(15)14-24(27)28)12-16-5-7-17(8-6-16)23-4-2-3-11-26-23/h2-13H,14H2,1H3,(H,27,28). The first-order valence-electron chi connectivity index (χ1n) is 8.98. The average Bonchev–Trinajstić information content (AvgIpc) is 2.94. The van der Waals surface area contributed by atoms with Gasteiger partial charge in [0.25, 0.3) is 0 Å². The second-order valence-electron chi connectivity index (χ2n) is 6.76. The third kappa shape index (κ3) is 3.37. The number of carbonyl (C=O) groups is 1. The van der Waals surface area contributed by atoms with Crippen molar-refractivity contribution in [3.63, 3.8) is 0 Å². The van der Waals surface area contributed by atoms with Gasteiger partial charge < -0.3 is 5.11 Å². The third-order valence-corrected chi connectivity index (χ3v) is 4.96. The van der Waals surface area contributed by atoms with Crippen LogP contribution in [0.15, 0.2) is 72.4 Å². The van der Waals surface area contributed by atoms with Gasteiger partial charge in [-0.2, -0.15) is 0 Å². The van der Waals surface area contributed by atoms with Gasteiger partial charge in [0.15, 0.2) is 0 Å². The van der Waals surface area contributed by atoms with Crippen LogP contribution in [-0.2, 0) is 4.79 Å². The molecule has 1 aliphatic carbocycles. The number of hydrogen-bond donors (Lipinski definition) is 1. The van der Waals surface area contributed by atoms with Gasteiger partial charge in [-0.3, -0.25) is 9.78 Å². The first-order valence-corrected chi connectivity index (χ1v) is 8.98. The number of aromatic nitrogens is 1. The van der Waals surface area contributed by atoms with Crippen molar-refractivity contribution < 1.29 is 14.3 Å². The lowest BCUT2D eigenvalue weighted by Gasteiger charge is -2.05. The monoisotopic (exact) mass is 371 g/mol. The van der Waals surface area contributed by atoms with Crippen LogP contribution in [0.1, 0.15) is 30.0 Å². The average molecular weight is 371 g/mol. The molecule has 0 atom stereocenters. The molecule has 0 saturated carbocycles. The first kappa shape index (κ1) is 17.9. The highest BCUT2D eigenvalue weighted by Gasteiger charge is 2.25. The zero-order valence-electron chi connectivity index (χ0n) is 15.3. The van der Waals surface area contributed by atoms with E-state index in [-0.39, 0.29) is 12.2 Å². The summed E-state index contributed by atoms with van der Waals surface area (Å²) in [7, 11) is 0. The number of pyridine rings is 1. The lowest BCUT2D eigenvalue weighted by atomic mass is 9.99. The summed E-state index contributed by atoms with van der Waals surface area (Å²) >= 11 is 0. The minimum absolute atomic E-state index is 0.127. The summed E-state index contributed by atoms with van der Waals surface area (Å²) in [5.74, 6) is -1.29. The molecule has 4 heteroatoms. The summed E-state index contributed by atoms with van der Waals surface area (Å²) in [5.41, 5.74) is 6.91. The van der Waals surface area contributed by atoms with Gasteiger partial charge in [0.05, 0.1) is 12.1 Å². The maximum absolute atomic E-state index is 13.8. The zero-order chi connectivity index (χ0) is 19.7. The Morgan fingerprint density at radius 3 is 2.54 bits per heavy atom. The number of rotatable bonds is 4. The number of hydrogen-bond acceptors (Lipinski definition) is 2. The smallest absolute Gasteiger partial charge is 0.307 e. The lowest BCUT2D eigenvalue weighted by molar-refractivity contribution is -0.135. The predicted octanol–water partition coefficient (Wildman–Crippen LogP) is 5.69. The van der Waals surface area contributed by atoms with E-state index in [9.17, 15) is 14.3 Å². The van der Waals surface area contributed by atoms with Crippen molar-refractivity contribution in [1.82, 2.24) is 4.98 Å². The van der Waals surface area contributed by atoms with Gasteiger partial charge >= 0.3 is 5.97 Å². The molecular formula is C24H18FNO2. The van der Waals surface area contributed by atoms with Gasteiger partial charge in [-0.05, 0) is 70.7 Å². The third-order valence-electron chi connectivity index (χ3n) is 4.96. The predicted molar refractivity (Wildman–Crippen MR) is 109 cm³/mol. The summed E-state index contributed by atoms with van der Waals surface area (Å²) in [6.07, 6.45) is 3.65. The van der Waals surface area contributed by atoms with Crippen LogP contribution < -0.4 is 0 Å². The van der Waals surface area contributed by atoms with Gasteiger partial charge in [0.2, 0.25) is 0 Å². The van der Waals surface area contributed by atoms with Crippen LogP contribution in [0.4, 0.5) is 4.39 Å². The maximum atomic E-state index is 13.8. The van der Waals surface area contributed by atoms with E-state index in [0.29, 0.717) is 11.1 Å². The molecule has 138 valence electrons. The van der Waals surface area contributed by atoms with Crippen molar-refractivity contribution in [2.45, 2.75) is 13.3 Å². The topological polar surface area (TPSA) is 50.2 Å². The van der Waals surface area contributed by atoms with Crippen molar-refractivity contribution in [3.8, 4) is 11.3 Å². The van der Waals surface area contributed by atoms with E-state index in [1.54, 1.807) is 12.3 Å². The Labute approximate surface area is 162 Å². The summed E-state index contributed by atoms with van der Waals surface area (Å²) in [5, 5.41) is 9.25. The van der Waals surface area contributed by atoms with Crippen LogP contribution in [0.3, 0.4) is 0 Å². The molecule has 2 aromatic carbocycles. The molecule has 0 amide bonds. The van der Waals surface area contributed by atoms with E-state index in [4.69, 9.17) is 0 Å². The quantitative estimate of drug-likeness (QED) is 0.641. The second-order valence-corrected chi connectivity index (χ2v) is 6.76. The summed E-state index contributed by atoms with van der Waals surface area (Å²) in [4.78, 5) is 15.6. The van der Waals surface area contributed by atoms with E-state index < -0.39 is 5.97 Å².